The summed E-state index contributed by atoms with van der Waals surface area (Å²) in [4.78, 5) is 10.6. The van der Waals surface area contributed by atoms with Crippen LogP contribution in [0.15, 0.2) is 23.1 Å². The van der Waals surface area contributed by atoms with Gasteiger partial charge in [-0.05, 0) is 19.1 Å². The molecule has 2 rings (SSSR count). The number of nitro groups is 1. The maximum absolute atomic E-state index is 12.6. The summed E-state index contributed by atoms with van der Waals surface area (Å²) in [7, 11) is -2.24. The third-order valence-corrected chi connectivity index (χ3v) is 5.49. The molecule has 0 aliphatic carbocycles. The number of hydrogen-bond acceptors (Lipinski definition) is 7. The van der Waals surface area contributed by atoms with E-state index in [0.717, 1.165) is 6.07 Å². The molecule has 1 N–H and O–H groups in total. The average Bonchev–Trinajstić information content (AvgIpc) is 2.55. The molecular weight excluding hydrogens is 338 g/mol. The summed E-state index contributed by atoms with van der Waals surface area (Å²) in [5, 5.41) is 14.3. The number of hydrogen-bond donors (Lipinski definition) is 1. The Kier molecular flexibility index (Phi) is 6.10. The number of anilines is 1. The minimum atomic E-state index is -3.78. The first-order chi connectivity index (χ1) is 11.4. The summed E-state index contributed by atoms with van der Waals surface area (Å²) in [6, 6.07) is 3.72. The van der Waals surface area contributed by atoms with Crippen LogP contribution in [0.5, 0.6) is 0 Å². The largest absolute Gasteiger partial charge is 0.383 e. The molecule has 1 heterocycles. The molecular formula is C14H21N3O6S. The molecule has 1 aromatic carbocycles. The van der Waals surface area contributed by atoms with Crippen molar-refractivity contribution in [2.24, 2.45) is 0 Å². The lowest BCUT2D eigenvalue weighted by Gasteiger charge is -2.26. The Bertz CT molecular complexity index is 688. The van der Waals surface area contributed by atoms with E-state index in [0.29, 0.717) is 19.8 Å². The predicted octanol–water partition coefficient (Wildman–Crippen LogP) is 1.06. The van der Waals surface area contributed by atoms with Crippen LogP contribution in [0.1, 0.15) is 6.92 Å². The molecule has 1 aliphatic rings. The van der Waals surface area contributed by atoms with Gasteiger partial charge in [0.15, 0.2) is 0 Å². The zero-order valence-corrected chi connectivity index (χ0v) is 14.4. The van der Waals surface area contributed by atoms with Crippen molar-refractivity contribution in [2.75, 3.05) is 45.3 Å². The summed E-state index contributed by atoms with van der Waals surface area (Å²) >= 11 is 0. The standard InChI is InChI=1S/C14H21N3O6S/c1-11(10-22-2)15-13-4-3-12(9-14(13)17(18)19)24(20,21)16-5-7-23-8-6-16/h3-4,9,11,15H,5-8,10H2,1-2H3/t11-/m1/s1. The van der Waals surface area contributed by atoms with Gasteiger partial charge in [-0.25, -0.2) is 8.42 Å². The molecule has 9 nitrogen and oxygen atoms in total. The number of sulfonamides is 1. The maximum Gasteiger partial charge on any atom is 0.293 e. The average molecular weight is 359 g/mol. The fourth-order valence-corrected chi connectivity index (χ4v) is 3.87. The predicted molar refractivity (Wildman–Crippen MR) is 87.6 cm³/mol. The van der Waals surface area contributed by atoms with E-state index in [2.05, 4.69) is 5.32 Å². The molecule has 0 bridgehead atoms. The van der Waals surface area contributed by atoms with Crippen LogP contribution in [-0.2, 0) is 19.5 Å². The van der Waals surface area contributed by atoms with Crippen LogP contribution in [0.2, 0.25) is 0 Å². The normalized spacial score (nSPS) is 17.4. The Morgan fingerprint density at radius 1 is 1.42 bits per heavy atom. The highest BCUT2D eigenvalue weighted by Gasteiger charge is 2.29. The number of ether oxygens (including phenoxy) is 2. The summed E-state index contributed by atoms with van der Waals surface area (Å²) in [5.74, 6) is 0. The Hall–Kier alpha value is -1.75. The zero-order chi connectivity index (χ0) is 17.7. The second-order valence-electron chi connectivity index (χ2n) is 5.45. The van der Waals surface area contributed by atoms with Crippen LogP contribution in [0.3, 0.4) is 0 Å². The van der Waals surface area contributed by atoms with E-state index in [1.807, 2.05) is 6.92 Å². The fraction of sp³-hybridized carbons (Fsp3) is 0.571. The Morgan fingerprint density at radius 3 is 2.67 bits per heavy atom. The summed E-state index contributed by atoms with van der Waals surface area (Å²) in [5.41, 5.74) is -0.0298. The minimum Gasteiger partial charge on any atom is -0.383 e. The molecule has 0 radical (unpaired) electrons. The topological polar surface area (TPSA) is 111 Å². The van der Waals surface area contributed by atoms with Crippen molar-refractivity contribution in [3.63, 3.8) is 0 Å². The van der Waals surface area contributed by atoms with E-state index >= 15 is 0 Å². The van der Waals surface area contributed by atoms with Gasteiger partial charge in [0.1, 0.15) is 5.69 Å². The molecule has 1 aromatic rings. The van der Waals surface area contributed by atoms with E-state index in [-0.39, 0.29) is 35.4 Å². The van der Waals surface area contributed by atoms with Gasteiger partial charge in [-0.3, -0.25) is 10.1 Å². The molecule has 1 fully saturated rings. The lowest BCUT2D eigenvalue weighted by atomic mass is 10.2. The second kappa shape index (κ2) is 7.88. The van der Waals surface area contributed by atoms with Gasteiger partial charge >= 0.3 is 0 Å². The van der Waals surface area contributed by atoms with Gasteiger partial charge in [0.25, 0.3) is 5.69 Å². The molecule has 24 heavy (non-hydrogen) atoms. The van der Waals surface area contributed by atoms with E-state index in [9.17, 15) is 18.5 Å². The molecule has 0 unspecified atom stereocenters. The van der Waals surface area contributed by atoms with Gasteiger partial charge in [-0.1, -0.05) is 0 Å². The molecule has 10 heteroatoms. The van der Waals surface area contributed by atoms with Crippen LogP contribution in [0.25, 0.3) is 0 Å². The number of nitrogens with zero attached hydrogens (tertiary/aromatic N) is 2. The van der Waals surface area contributed by atoms with Crippen LogP contribution in [0, 0.1) is 10.1 Å². The number of morpholine rings is 1. The number of methoxy groups -OCH3 is 1. The summed E-state index contributed by atoms with van der Waals surface area (Å²) in [6.45, 7) is 3.28. The SMILES string of the molecule is COC[C@@H](C)Nc1ccc(S(=O)(=O)N2CCOCC2)cc1[N+](=O)[O-]. The second-order valence-corrected chi connectivity index (χ2v) is 7.39. The van der Waals surface area contributed by atoms with Crippen LogP contribution < -0.4 is 5.32 Å². The number of nitro benzene ring substituents is 1. The van der Waals surface area contributed by atoms with E-state index in [4.69, 9.17) is 9.47 Å². The van der Waals surface area contributed by atoms with E-state index in [1.54, 1.807) is 0 Å². The molecule has 1 atom stereocenters. The first-order valence-electron chi connectivity index (χ1n) is 7.48. The van der Waals surface area contributed by atoms with Gasteiger partial charge in [0.2, 0.25) is 10.0 Å². The summed E-state index contributed by atoms with van der Waals surface area (Å²) in [6.07, 6.45) is 0. The Labute approximate surface area is 140 Å². The quantitative estimate of drug-likeness (QED) is 0.572. The molecule has 1 saturated heterocycles. The number of rotatable bonds is 7. The molecule has 134 valence electrons. The Balaban J connectivity index is 2.32. The van der Waals surface area contributed by atoms with Crippen molar-refractivity contribution < 1.29 is 22.8 Å². The van der Waals surface area contributed by atoms with Crippen LogP contribution in [0.4, 0.5) is 11.4 Å². The third kappa shape index (κ3) is 4.20. The molecule has 1 aliphatic heterocycles. The fourth-order valence-electron chi connectivity index (χ4n) is 2.44. The van der Waals surface area contributed by atoms with Crippen molar-refractivity contribution in [1.29, 1.82) is 0 Å². The van der Waals surface area contributed by atoms with E-state index < -0.39 is 14.9 Å². The monoisotopic (exact) mass is 359 g/mol. The third-order valence-electron chi connectivity index (χ3n) is 3.59. The van der Waals surface area contributed by atoms with Crippen molar-refractivity contribution in [2.45, 2.75) is 17.9 Å². The lowest BCUT2D eigenvalue weighted by Crippen LogP contribution is -2.40. The molecule has 0 aromatic heterocycles. The van der Waals surface area contributed by atoms with Gasteiger partial charge in [-0.2, -0.15) is 4.31 Å². The molecule has 0 saturated carbocycles. The Morgan fingerprint density at radius 2 is 2.08 bits per heavy atom. The highest BCUT2D eigenvalue weighted by molar-refractivity contribution is 7.89. The van der Waals surface area contributed by atoms with Gasteiger partial charge < -0.3 is 14.8 Å². The van der Waals surface area contributed by atoms with Gasteiger partial charge in [0, 0.05) is 32.3 Å². The van der Waals surface area contributed by atoms with E-state index in [1.165, 1.54) is 23.5 Å². The lowest BCUT2D eigenvalue weighted by molar-refractivity contribution is -0.384. The number of benzene rings is 1. The van der Waals surface area contributed by atoms with Crippen LogP contribution in [-0.4, -0.2) is 63.7 Å². The first kappa shape index (κ1) is 18.6. The number of nitrogens with one attached hydrogen (secondary N) is 1. The minimum absolute atomic E-state index is 0.0963. The smallest absolute Gasteiger partial charge is 0.293 e. The van der Waals surface area contributed by atoms with Crippen molar-refractivity contribution in [1.82, 2.24) is 4.31 Å². The van der Waals surface area contributed by atoms with Crippen LogP contribution >= 0.6 is 0 Å². The highest BCUT2D eigenvalue weighted by atomic mass is 32.2. The zero-order valence-electron chi connectivity index (χ0n) is 13.6. The van der Waals surface area contributed by atoms with Crippen molar-refractivity contribution in [3.8, 4) is 0 Å². The molecule has 0 amide bonds. The highest BCUT2D eigenvalue weighted by Crippen LogP contribution is 2.29. The first-order valence-corrected chi connectivity index (χ1v) is 8.92. The molecule has 0 spiro atoms. The van der Waals surface area contributed by atoms with Gasteiger partial charge in [-0.15, -0.1) is 0 Å². The van der Waals surface area contributed by atoms with Gasteiger partial charge in [0.05, 0.1) is 29.6 Å². The maximum atomic E-state index is 12.6. The van der Waals surface area contributed by atoms with Crippen molar-refractivity contribution >= 4 is 21.4 Å². The summed E-state index contributed by atoms with van der Waals surface area (Å²) < 4.78 is 36.6. The van der Waals surface area contributed by atoms with Crippen molar-refractivity contribution in [3.05, 3.63) is 28.3 Å².